The summed E-state index contributed by atoms with van der Waals surface area (Å²) < 4.78 is 22.1. The van der Waals surface area contributed by atoms with Crippen molar-refractivity contribution in [2.75, 3.05) is 28.4 Å². The van der Waals surface area contributed by atoms with Gasteiger partial charge in [-0.05, 0) is 12.1 Å². The van der Waals surface area contributed by atoms with Gasteiger partial charge in [-0.25, -0.2) is 0 Å². The molecule has 0 rings (SSSR count). The van der Waals surface area contributed by atoms with Gasteiger partial charge < -0.3 is 17.7 Å². The molecule has 11 heteroatoms. The van der Waals surface area contributed by atoms with Crippen molar-refractivity contribution in [3.63, 3.8) is 0 Å². The first-order valence-electron chi connectivity index (χ1n) is 12.9. The van der Waals surface area contributed by atoms with Crippen LogP contribution in [0.5, 0.6) is 0 Å². The SMILES string of the molecule is CC[Si](OC)(OC)C(C(=O)C(C)C)C(=O)C(C)C.CC[Si](OC)(OC)C(C(=O)C(C)C)C(=O)C(C)C.[Pt+2]. The number of Topliss-reactive ketones (excluding diaryl/α,β-unsaturated/α-hetero) is 4. The number of hydrogen-bond acceptors (Lipinski definition) is 8. The van der Waals surface area contributed by atoms with E-state index in [1.54, 1.807) is 0 Å². The van der Waals surface area contributed by atoms with Crippen LogP contribution in [0.4, 0.5) is 0 Å². The van der Waals surface area contributed by atoms with E-state index in [1.165, 1.54) is 28.4 Å². The van der Waals surface area contributed by atoms with E-state index in [4.69, 9.17) is 17.7 Å². The van der Waals surface area contributed by atoms with Crippen LogP contribution in [0.3, 0.4) is 0 Å². The van der Waals surface area contributed by atoms with Gasteiger partial charge in [0.1, 0.15) is 34.2 Å². The van der Waals surface area contributed by atoms with Crippen LogP contribution in [0.25, 0.3) is 0 Å². The summed E-state index contributed by atoms with van der Waals surface area (Å²) in [6.07, 6.45) is 0. The first-order valence-corrected chi connectivity index (χ1v) is 17.1. The molecular formula is C26H52O8PtSi2+2. The fraction of sp³-hybridized carbons (Fsp3) is 0.846. The topological polar surface area (TPSA) is 105 Å². The minimum Gasteiger partial charge on any atom is -0.397 e. The Morgan fingerprint density at radius 3 is 0.730 bits per heavy atom. The molecule has 220 valence electrons. The third-order valence-electron chi connectivity index (χ3n) is 6.66. The van der Waals surface area contributed by atoms with E-state index in [-0.39, 0.29) is 67.9 Å². The molecule has 0 atom stereocenters. The minimum atomic E-state index is -2.80. The Kier molecular flexibility index (Phi) is 20.9. The van der Waals surface area contributed by atoms with Gasteiger partial charge in [0.25, 0.3) is 0 Å². The van der Waals surface area contributed by atoms with Crippen LogP contribution >= 0.6 is 0 Å². The van der Waals surface area contributed by atoms with E-state index < -0.39 is 28.2 Å². The average Bonchev–Trinajstić information content (AvgIpc) is 2.84. The molecule has 0 amide bonds. The molecule has 0 saturated heterocycles. The molecule has 0 radical (unpaired) electrons. The Bertz CT molecular complexity index is 601. The van der Waals surface area contributed by atoms with E-state index in [9.17, 15) is 19.2 Å². The number of carbonyl (C=O) groups is 4. The van der Waals surface area contributed by atoms with Crippen molar-refractivity contribution in [3.05, 3.63) is 0 Å². The summed E-state index contributed by atoms with van der Waals surface area (Å²) >= 11 is 0. The monoisotopic (exact) mass is 743 g/mol. The summed E-state index contributed by atoms with van der Waals surface area (Å²) in [5, 5.41) is 0. The van der Waals surface area contributed by atoms with E-state index in [0.717, 1.165) is 0 Å². The Balaban J connectivity index is -0.000000608. The van der Waals surface area contributed by atoms with Crippen molar-refractivity contribution in [3.8, 4) is 0 Å². The van der Waals surface area contributed by atoms with Gasteiger partial charge in [-0.3, -0.25) is 19.2 Å². The van der Waals surface area contributed by atoms with E-state index in [1.807, 2.05) is 69.2 Å². The summed E-state index contributed by atoms with van der Waals surface area (Å²) in [6, 6.07) is 1.17. The van der Waals surface area contributed by atoms with Gasteiger partial charge in [0, 0.05) is 52.1 Å². The molecule has 0 spiro atoms. The molecule has 8 nitrogen and oxygen atoms in total. The van der Waals surface area contributed by atoms with Crippen molar-refractivity contribution in [1.29, 1.82) is 0 Å². The van der Waals surface area contributed by atoms with Crippen LogP contribution in [0.15, 0.2) is 0 Å². The normalized spacial score (nSPS) is 12.2. The largest absolute Gasteiger partial charge is 2.00 e. The van der Waals surface area contributed by atoms with Crippen LogP contribution in [0, 0.1) is 23.7 Å². The fourth-order valence-corrected chi connectivity index (χ4v) is 10.4. The van der Waals surface area contributed by atoms with E-state index in [2.05, 4.69) is 0 Å². The predicted octanol–water partition coefficient (Wildman–Crippen LogP) is 5.12. The molecule has 0 fully saturated rings. The number of ketones is 4. The Hall–Kier alpha value is -0.358. The van der Waals surface area contributed by atoms with E-state index >= 15 is 0 Å². The molecular weight excluding hydrogens is 692 g/mol. The summed E-state index contributed by atoms with van der Waals surface area (Å²) in [5.74, 6) is -1.03. The first-order chi connectivity index (χ1) is 16.5. The molecule has 0 saturated carbocycles. The number of rotatable bonds is 16. The van der Waals surface area contributed by atoms with Gasteiger partial charge in [-0.1, -0.05) is 69.2 Å². The average molecular weight is 744 g/mol. The number of hydrogen-bond donors (Lipinski definition) is 0. The third kappa shape index (κ3) is 10.6. The summed E-state index contributed by atoms with van der Waals surface area (Å²) in [5.41, 5.74) is -1.45. The smallest absolute Gasteiger partial charge is 0.397 e. The van der Waals surface area contributed by atoms with Gasteiger partial charge in [0.15, 0.2) is 0 Å². The zero-order valence-electron chi connectivity index (χ0n) is 25.5. The van der Waals surface area contributed by atoms with Gasteiger partial charge in [-0.15, -0.1) is 0 Å². The minimum absolute atomic E-state index is 0. The quantitative estimate of drug-likeness (QED) is 0.159. The van der Waals surface area contributed by atoms with Gasteiger partial charge in [-0.2, -0.15) is 0 Å². The Morgan fingerprint density at radius 2 is 0.649 bits per heavy atom. The van der Waals surface area contributed by atoms with Crippen LogP contribution < -0.4 is 0 Å². The zero-order valence-corrected chi connectivity index (χ0v) is 29.7. The summed E-state index contributed by atoms with van der Waals surface area (Å²) in [7, 11) is 0.545. The molecule has 0 aromatic carbocycles. The molecule has 0 aliphatic heterocycles. The van der Waals surface area contributed by atoms with Crippen LogP contribution in [-0.4, -0.2) is 68.7 Å². The predicted molar refractivity (Wildman–Crippen MR) is 147 cm³/mol. The Morgan fingerprint density at radius 1 is 0.486 bits per heavy atom. The van der Waals surface area contributed by atoms with Crippen molar-refractivity contribution in [2.45, 2.75) is 92.4 Å². The van der Waals surface area contributed by atoms with Crippen LogP contribution in [0.1, 0.15) is 69.2 Å². The molecule has 37 heavy (non-hydrogen) atoms. The zero-order chi connectivity index (χ0) is 29.0. The number of carbonyl (C=O) groups excluding carboxylic acids is 4. The second-order valence-corrected chi connectivity index (χ2v) is 17.7. The van der Waals surface area contributed by atoms with Crippen molar-refractivity contribution < 1.29 is 57.9 Å². The Labute approximate surface area is 242 Å². The molecule has 0 aliphatic rings. The maximum Gasteiger partial charge on any atom is 2.00 e. The van der Waals surface area contributed by atoms with E-state index in [0.29, 0.717) is 12.1 Å². The van der Waals surface area contributed by atoms with Gasteiger partial charge in [0.2, 0.25) is 0 Å². The van der Waals surface area contributed by atoms with Gasteiger partial charge >= 0.3 is 38.2 Å². The van der Waals surface area contributed by atoms with Crippen molar-refractivity contribution in [2.24, 2.45) is 23.7 Å². The molecule has 0 heterocycles. The maximum absolute atomic E-state index is 12.4. The van der Waals surface area contributed by atoms with Crippen molar-refractivity contribution >= 4 is 40.3 Å². The third-order valence-corrected chi connectivity index (χ3v) is 14.3. The van der Waals surface area contributed by atoms with Crippen LogP contribution in [0.2, 0.25) is 23.2 Å². The second-order valence-electron chi connectivity index (χ2n) is 10.2. The molecule has 0 unspecified atom stereocenters. The first kappa shape index (κ1) is 41.1. The molecule has 0 aromatic rings. The summed E-state index contributed by atoms with van der Waals surface area (Å²) in [6.45, 7) is 18.3. The summed E-state index contributed by atoms with van der Waals surface area (Å²) in [4.78, 5) is 49.5. The molecule has 0 bridgehead atoms. The van der Waals surface area contributed by atoms with Gasteiger partial charge in [0.05, 0.1) is 0 Å². The maximum atomic E-state index is 12.4. The second kappa shape index (κ2) is 18.8. The molecule has 0 aliphatic carbocycles. The van der Waals surface area contributed by atoms with Crippen molar-refractivity contribution in [1.82, 2.24) is 0 Å². The molecule has 0 N–H and O–H groups in total. The molecule has 0 aromatic heterocycles. The van der Waals surface area contributed by atoms with Crippen LogP contribution in [-0.2, 0) is 57.9 Å². The fourth-order valence-electron chi connectivity index (χ4n) is 4.10. The standard InChI is InChI=1S/2C13H26O4Si.Pt/c2*1-8-18(16-6,17-7)13(11(14)9(2)3)12(15)10(4)5;/h2*9-10,13H,8H2,1-7H3;/q;;+2.